The number of nitrogens with one attached hydrogen (secondary N) is 2. The van der Waals surface area contributed by atoms with Crippen LogP contribution in [0.2, 0.25) is 0 Å². The Morgan fingerprint density at radius 3 is 2.71 bits per heavy atom. The van der Waals surface area contributed by atoms with Crippen LogP contribution in [0.15, 0.2) is 35.2 Å². The molecule has 0 aliphatic heterocycles. The number of allylic oxidation sites excluding steroid dienone is 1. The largest absolute Gasteiger partial charge is 0.332 e. The van der Waals surface area contributed by atoms with Gasteiger partial charge in [-0.15, -0.1) is 0 Å². The van der Waals surface area contributed by atoms with E-state index in [1.54, 1.807) is 12.1 Å². The van der Waals surface area contributed by atoms with Crippen molar-refractivity contribution in [1.29, 1.82) is 0 Å². The smallest absolute Gasteiger partial charge is 0.319 e. The molecule has 0 saturated carbocycles. The van der Waals surface area contributed by atoms with Crippen molar-refractivity contribution in [3.63, 3.8) is 0 Å². The number of anilines is 1. The monoisotopic (exact) mass is 308 g/mol. The summed E-state index contributed by atoms with van der Waals surface area (Å²) in [5.74, 6) is 0. The molecule has 0 aromatic heterocycles. The van der Waals surface area contributed by atoms with Crippen molar-refractivity contribution < 1.29 is 13.2 Å². The van der Waals surface area contributed by atoms with Gasteiger partial charge in [0.15, 0.2) is 9.84 Å². The van der Waals surface area contributed by atoms with Gasteiger partial charge in [0.25, 0.3) is 0 Å². The molecule has 5 nitrogen and oxygen atoms in total. The van der Waals surface area contributed by atoms with Gasteiger partial charge >= 0.3 is 6.03 Å². The molecule has 1 aliphatic carbocycles. The molecule has 0 radical (unpaired) electrons. The second-order valence-corrected chi connectivity index (χ2v) is 7.32. The lowest BCUT2D eigenvalue weighted by Crippen LogP contribution is -2.37. The highest BCUT2D eigenvalue weighted by molar-refractivity contribution is 7.90. The maximum absolute atomic E-state index is 12.0. The summed E-state index contributed by atoms with van der Waals surface area (Å²) in [6.45, 7) is 1.85. The van der Waals surface area contributed by atoms with Crippen LogP contribution in [-0.2, 0) is 9.84 Å². The summed E-state index contributed by atoms with van der Waals surface area (Å²) in [6, 6.07) is 4.50. The molecular formula is C15H20N2O3S. The highest BCUT2D eigenvalue weighted by Gasteiger charge is 2.17. The Morgan fingerprint density at radius 1 is 1.33 bits per heavy atom. The molecule has 114 valence electrons. The molecule has 0 heterocycles. The molecule has 1 aromatic carbocycles. The number of carbonyl (C=O) groups excluding carboxylic acids is 1. The van der Waals surface area contributed by atoms with Crippen molar-refractivity contribution in [1.82, 2.24) is 5.32 Å². The quantitative estimate of drug-likeness (QED) is 0.843. The van der Waals surface area contributed by atoms with Crippen LogP contribution in [0, 0.1) is 6.92 Å². The van der Waals surface area contributed by atoms with E-state index < -0.39 is 9.84 Å². The zero-order chi connectivity index (χ0) is 15.5. The van der Waals surface area contributed by atoms with E-state index in [9.17, 15) is 13.2 Å². The van der Waals surface area contributed by atoms with Crippen LogP contribution < -0.4 is 10.6 Å². The minimum atomic E-state index is -3.39. The Bertz CT molecular complexity index is 665. The molecule has 2 rings (SSSR count). The number of amides is 2. The number of aryl methyl sites for hydroxylation is 1. The Balaban J connectivity index is 2.15. The number of hydrogen-bond acceptors (Lipinski definition) is 3. The molecular weight excluding hydrogens is 288 g/mol. The first-order chi connectivity index (χ1) is 9.86. The van der Waals surface area contributed by atoms with Gasteiger partial charge in [0.1, 0.15) is 0 Å². The summed E-state index contributed by atoms with van der Waals surface area (Å²) < 4.78 is 23.5. The summed E-state index contributed by atoms with van der Waals surface area (Å²) in [5, 5.41) is 5.48. The van der Waals surface area contributed by atoms with Crippen molar-refractivity contribution in [2.24, 2.45) is 0 Å². The lowest BCUT2D eigenvalue weighted by atomic mass is 10.0. The molecule has 21 heavy (non-hydrogen) atoms. The van der Waals surface area contributed by atoms with Gasteiger partial charge in [0.2, 0.25) is 0 Å². The average molecular weight is 308 g/mol. The van der Waals surface area contributed by atoms with E-state index in [4.69, 9.17) is 0 Å². The SMILES string of the molecule is Cc1ccc(S(C)(=O)=O)c(NC(=O)N[C@H]2C=CCCC2)c1. The fraction of sp³-hybridized carbons (Fsp3) is 0.400. The summed E-state index contributed by atoms with van der Waals surface area (Å²) in [7, 11) is -3.39. The highest BCUT2D eigenvalue weighted by Crippen LogP contribution is 2.22. The fourth-order valence-corrected chi connectivity index (χ4v) is 3.15. The highest BCUT2D eigenvalue weighted by atomic mass is 32.2. The zero-order valence-corrected chi connectivity index (χ0v) is 13.0. The summed E-state index contributed by atoms with van der Waals surface area (Å²) in [6.07, 6.45) is 8.12. The second-order valence-electron chi connectivity index (χ2n) is 5.34. The van der Waals surface area contributed by atoms with Crippen LogP contribution in [-0.4, -0.2) is 26.7 Å². The fourth-order valence-electron chi connectivity index (χ4n) is 2.32. The maximum atomic E-state index is 12.0. The molecule has 0 bridgehead atoms. The average Bonchev–Trinajstić information content (AvgIpc) is 2.38. The van der Waals surface area contributed by atoms with Gasteiger partial charge in [-0.05, 0) is 43.9 Å². The molecule has 6 heteroatoms. The van der Waals surface area contributed by atoms with Crippen molar-refractivity contribution in [2.45, 2.75) is 37.1 Å². The van der Waals surface area contributed by atoms with E-state index in [2.05, 4.69) is 10.6 Å². The molecule has 0 fully saturated rings. The first-order valence-electron chi connectivity index (χ1n) is 6.91. The van der Waals surface area contributed by atoms with E-state index in [0.717, 1.165) is 31.1 Å². The minimum Gasteiger partial charge on any atom is -0.332 e. The third-order valence-corrected chi connectivity index (χ3v) is 4.51. The number of rotatable bonds is 3. The first-order valence-corrected chi connectivity index (χ1v) is 8.80. The van der Waals surface area contributed by atoms with Crippen molar-refractivity contribution in [3.8, 4) is 0 Å². The number of carbonyl (C=O) groups is 1. The van der Waals surface area contributed by atoms with Crippen molar-refractivity contribution in [2.75, 3.05) is 11.6 Å². The third kappa shape index (κ3) is 4.32. The van der Waals surface area contributed by atoms with Gasteiger partial charge in [-0.25, -0.2) is 13.2 Å². The minimum absolute atomic E-state index is 0.00485. The Kier molecular flexibility index (Phi) is 4.67. The number of benzene rings is 1. The lowest BCUT2D eigenvalue weighted by molar-refractivity contribution is 0.249. The Hall–Kier alpha value is -1.82. The molecule has 0 saturated heterocycles. The number of sulfone groups is 1. The van der Waals surface area contributed by atoms with Crippen LogP contribution in [0.1, 0.15) is 24.8 Å². The standard InChI is InChI=1S/C15H20N2O3S/c1-11-8-9-14(21(2,19)20)13(10-11)17-15(18)16-12-6-4-3-5-7-12/h4,6,8-10,12H,3,5,7H2,1-2H3,(H2,16,17,18)/t12-/m0/s1. The normalized spacial score (nSPS) is 18.3. The lowest BCUT2D eigenvalue weighted by Gasteiger charge is -2.19. The molecule has 0 spiro atoms. The third-order valence-electron chi connectivity index (χ3n) is 3.35. The first kappa shape index (κ1) is 15.6. The molecule has 2 amide bonds. The predicted octanol–water partition coefficient (Wildman–Crippen LogP) is 2.63. The van der Waals surface area contributed by atoms with E-state index in [0.29, 0.717) is 5.69 Å². The van der Waals surface area contributed by atoms with Crippen LogP contribution in [0.5, 0.6) is 0 Å². The van der Waals surface area contributed by atoms with Crippen LogP contribution in [0.25, 0.3) is 0 Å². The van der Waals surface area contributed by atoms with E-state index in [1.165, 1.54) is 6.07 Å². The number of hydrogen-bond donors (Lipinski definition) is 2. The van der Waals surface area contributed by atoms with E-state index in [1.807, 2.05) is 19.1 Å². The van der Waals surface area contributed by atoms with Crippen LogP contribution in [0.4, 0.5) is 10.5 Å². The molecule has 2 N–H and O–H groups in total. The van der Waals surface area contributed by atoms with Gasteiger partial charge in [-0.1, -0.05) is 18.2 Å². The molecule has 1 aromatic rings. The van der Waals surface area contributed by atoms with Crippen molar-refractivity contribution >= 4 is 21.6 Å². The van der Waals surface area contributed by atoms with Crippen LogP contribution in [0.3, 0.4) is 0 Å². The Labute approximate surface area is 125 Å². The van der Waals surface area contributed by atoms with Crippen LogP contribution >= 0.6 is 0 Å². The van der Waals surface area contributed by atoms with Crippen molar-refractivity contribution in [3.05, 3.63) is 35.9 Å². The second kappa shape index (κ2) is 6.30. The molecule has 1 aliphatic rings. The number of urea groups is 1. The predicted molar refractivity (Wildman–Crippen MR) is 83.2 cm³/mol. The summed E-state index contributed by atoms with van der Waals surface area (Å²) in [5.41, 5.74) is 1.20. The topological polar surface area (TPSA) is 75.3 Å². The van der Waals surface area contributed by atoms with Gasteiger partial charge < -0.3 is 10.6 Å². The van der Waals surface area contributed by atoms with Gasteiger partial charge in [0.05, 0.1) is 10.6 Å². The summed E-state index contributed by atoms with van der Waals surface area (Å²) >= 11 is 0. The van der Waals surface area contributed by atoms with Gasteiger partial charge in [0, 0.05) is 12.3 Å². The maximum Gasteiger partial charge on any atom is 0.319 e. The molecule has 0 unspecified atom stereocenters. The van der Waals surface area contributed by atoms with Gasteiger partial charge in [-0.2, -0.15) is 0 Å². The molecule has 1 atom stereocenters. The van der Waals surface area contributed by atoms with E-state index in [-0.39, 0.29) is 17.0 Å². The Morgan fingerprint density at radius 2 is 2.10 bits per heavy atom. The van der Waals surface area contributed by atoms with Gasteiger partial charge in [-0.3, -0.25) is 0 Å². The summed E-state index contributed by atoms with van der Waals surface area (Å²) in [4.78, 5) is 12.1. The zero-order valence-electron chi connectivity index (χ0n) is 12.2. The van der Waals surface area contributed by atoms with E-state index >= 15 is 0 Å².